The fourth-order valence-electron chi connectivity index (χ4n) is 8.37. The number of ketones is 1. The second-order valence-corrected chi connectivity index (χ2v) is 10.9. The minimum absolute atomic E-state index is 0.102. The molecule has 7 unspecified atom stereocenters. The molecular weight excluding hydrogens is 372 g/mol. The number of rotatable bonds is 3. The van der Waals surface area contributed by atoms with Gasteiger partial charge in [0.15, 0.2) is 0 Å². The molecule has 1 spiro atoms. The second kappa shape index (κ2) is 6.53. The van der Waals surface area contributed by atoms with E-state index in [1.807, 2.05) is 6.92 Å². The van der Waals surface area contributed by atoms with Crippen LogP contribution < -0.4 is 0 Å². The number of hydrogen-bond acceptors (Lipinski definition) is 6. The van der Waals surface area contributed by atoms with Crippen LogP contribution >= 0.6 is 0 Å². The van der Waals surface area contributed by atoms with Gasteiger partial charge in [-0.25, -0.2) is 0 Å². The second-order valence-electron chi connectivity index (χ2n) is 10.9. The van der Waals surface area contributed by atoms with Gasteiger partial charge >= 0.3 is 11.9 Å². The standard InChI is InChI=1S/C23H34O6/c1-14(24)29-13-23-8-6-17-20(2)9-15(25)10-21(3,19(27)28-4)16(20)5-7-22(17,12-23)11-18(23)26/h15-17,25H,5-13H2,1-4H3. The number of carbonyl (C=O) groups is 3. The largest absolute Gasteiger partial charge is 0.469 e. The van der Waals surface area contributed by atoms with Crippen LogP contribution in [0.5, 0.6) is 0 Å². The first-order valence-electron chi connectivity index (χ1n) is 10.9. The van der Waals surface area contributed by atoms with Gasteiger partial charge in [-0.15, -0.1) is 0 Å². The number of esters is 2. The summed E-state index contributed by atoms with van der Waals surface area (Å²) in [7, 11) is 1.43. The van der Waals surface area contributed by atoms with Crippen LogP contribution in [0.3, 0.4) is 0 Å². The Kier molecular flexibility index (Phi) is 4.69. The third-order valence-electron chi connectivity index (χ3n) is 9.28. The Hall–Kier alpha value is -1.43. The number of ether oxygens (including phenoxy) is 2. The molecule has 0 amide bonds. The third-order valence-corrected chi connectivity index (χ3v) is 9.28. The molecular formula is C23H34O6. The highest BCUT2D eigenvalue weighted by Crippen LogP contribution is 2.73. The topological polar surface area (TPSA) is 89.9 Å². The van der Waals surface area contributed by atoms with Crippen LogP contribution in [0, 0.1) is 33.5 Å². The Bertz CT molecular complexity index is 748. The van der Waals surface area contributed by atoms with Gasteiger partial charge in [-0.1, -0.05) is 6.92 Å². The SMILES string of the molecule is COC(=O)C1(C)CC(O)CC2(C)C3CCC4(COC(C)=O)CC3(CCC12)CC4=O. The fourth-order valence-corrected chi connectivity index (χ4v) is 8.37. The number of carbonyl (C=O) groups excluding carboxylic acids is 3. The van der Waals surface area contributed by atoms with Gasteiger partial charge in [0.05, 0.1) is 24.0 Å². The highest BCUT2D eigenvalue weighted by atomic mass is 16.5. The molecule has 0 saturated heterocycles. The quantitative estimate of drug-likeness (QED) is 0.725. The Morgan fingerprint density at radius 3 is 2.48 bits per heavy atom. The first-order chi connectivity index (χ1) is 13.5. The van der Waals surface area contributed by atoms with Crippen molar-refractivity contribution in [2.45, 2.75) is 78.2 Å². The van der Waals surface area contributed by atoms with Gasteiger partial charge < -0.3 is 14.6 Å². The van der Waals surface area contributed by atoms with Crippen molar-refractivity contribution >= 4 is 17.7 Å². The number of fused-ring (bicyclic) bond motifs is 3. The van der Waals surface area contributed by atoms with Crippen molar-refractivity contribution in [3.05, 3.63) is 0 Å². The van der Waals surface area contributed by atoms with Gasteiger partial charge in [0.25, 0.3) is 0 Å². The molecule has 4 saturated carbocycles. The highest BCUT2D eigenvalue weighted by Gasteiger charge is 2.70. The molecule has 2 bridgehead atoms. The fraction of sp³-hybridized carbons (Fsp3) is 0.870. The van der Waals surface area contributed by atoms with Crippen molar-refractivity contribution in [2.75, 3.05) is 13.7 Å². The molecule has 4 aliphatic rings. The van der Waals surface area contributed by atoms with E-state index in [0.29, 0.717) is 19.3 Å². The average molecular weight is 407 g/mol. The normalized spacial score (nSPS) is 48.4. The molecule has 29 heavy (non-hydrogen) atoms. The molecule has 0 aromatic heterocycles. The molecule has 6 nitrogen and oxygen atoms in total. The summed E-state index contributed by atoms with van der Waals surface area (Å²) in [6.45, 7) is 5.77. The maximum absolute atomic E-state index is 13.1. The van der Waals surface area contributed by atoms with Crippen molar-refractivity contribution < 1.29 is 29.0 Å². The van der Waals surface area contributed by atoms with Gasteiger partial charge in [-0.2, -0.15) is 0 Å². The predicted octanol–water partition coefficient (Wildman–Crippen LogP) is 3.05. The predicted molar refractivity (Wildman–Crippen MR) is 105 cm³/mol. The lowest BCUT2D eigenvalue weighted by molar-refractivity contribution is -0.201. The summed E-state index contributed by atoms with van der Waals surface area (Å²) in [6.07, 6.45) is 5.24. The summed E-state index contributed by atoms with van der Waals surface area (Å²) in [5.74, 6) is 0.0826. The zero-order valence-electron chi connectivity index (χ0n) is 18.1. The molecule has 4 rings (SSSR count). The van der Waals surface area contributed by atoms with Crippen LogP contribution in [0.15, 0.2) is 0 Å². The third kappa shape index (κ3) is 2.81. The van der Waals surface area contributed by atoms with Gasteiger partial charge in [-0.05, 0) is 74.5 Å². The molecule has 0 heterocycles. The van der Waals surface area contributed by atoms with Gasteiger partial charge in [0.2, 0.25) is 0 Å². The van der Waals surface area contributed by atoms with Crippen LogP contribution in [-0.2, 0) is 23.9 Å². The number of methoxy groups -OCH3 is 1. The van der Waals surface area contributed by atoms with E-state index in [1.54, 1.807) is 0 Å². The van der Waals surface area contributed by atoms with E-state index in [4.69, 9.17) is 9.47 Å². The van der Waals surface area contributed by atoms with Gasteiger partial charge in [0, 0.05) is 13.3 Å². The Morgan fingerprint density at radius 1 is 1.14 bits per heavy atom. The van der Waals surface area contributed by atoms with E-state index in [0.717, 1.165) is 32.1 Å². The van der Waals surface area contributed by atoms with Crippen LogP contribution in [0.2, 0.25) is 0 Å². The molecule has 7 atom stereocenters. The zero-order valence-corrected chi connectivity index (χ0v) is 18.1. The summed E-state index contributed by atoms with van der Waals surface area (Å²) in [5, 5.41) is 10.8. The van der Waals surface area contributed by atoms with E-state index in [1.165, 1.54) is 14.0 Å². The summed E-state index contributed by atoms with van der Waals surface area (Å²) in [5.41, 5.74) is -1.55. The molecule has 0 aliphatic heterocycles. The molecule has 162 valence electrons. The van der Waals surface area contributed by atoms with Crippen molar-refractivity contribution in [1.82, 2.24) is 0 Å². The minimum Gasteiger partial charge on any atom is -0.469 e. The van der Waals surface area contributed by atoms with E-state index in [2.05, 4.69) is 6.92 Å². The van der Waals surface area contributed by atoms with Crippen molar-refractivity contribution in [3.8, 4) is 0 Å². The number of hydrogen-bond donors (Lipinski definition) is 1. The summed E-state index contributed by atoms with van der Waals surface area (Å²) in [4.78, 5) is 37.3. The molecule has 4 aliphatic carbocycles. The summed E-state index contributed by atoms with van der Waals surface area (Å²) >= 11 is 0. The lowest BCUT2D eigenvalue weighted by Gasteiger charge is -2.64. The van der Waals surface area contributed by atoms with Crippen molar-refractivity contribution in [3.63, 3.8) is 0 Å². The van der Waals surface area contributed by atoms with Crippen molar-refractivity contribution in [1.29, 1.82) is 0 Å². The van der Waals surface area contributed by atoms with E-state index in [-0.39, 0.29) is 47.0 Å². The van der Waals surface area contributed by atoms with Crippen molar-refractivity contribution in [2.24, 2.45) is 33.5 Å². The molecule has 6 heteroatoms. The zero-order chi connectivity index (χ0) is 21.2. The lowest BCUT2D eigenvalue weighted by Crippen LogP contribution is -2.61. The Morgan fingerprint density at radius 2 is 1.83 bits per heavy atom. The van der Waals surface area contributed by atoms with Crippen LogP contribution in [0.1, 0.15) is 72.1 Å². The average Bonchev–Trinajstić information content (AvgIpc) is 2.84. The summed E-state index contributed by atoms with van der Waals surface area (Å²) in [6, 6.07) is 0. The first kappa shape index (κ1) is 20.8. The molecule has 0 aromatic rings. The highest BCUT2D eigenvalue weighted by molar-refractivity contribution is 5.89. The molecule has 0 aromatic carbocycles. The van der Waals surface area contributed by atoms with E-state index < -0.39 is 16.9 Å². The Labute approximate surface area is 172 Å². The molecule has 0 radical (unpaired) electrons. The number of aliphatic hydroxyl groups is 1. The Balaban J connectivity index is 1.68. The van der Waals surface area contributed by atoms with Gasteiger partial charge in [0.1, 0.15) is 12.4 Å². The van der Waals surface area contributed by atoms with Crippen LogP contribution in [-0.4, -0.2) is 42.6 Å². The number of Topliss-reactive ketones (excluding diaryl/α,β-unsaturated/α-hetero) is 1. The monoisotopic (exact) mass is 406 g/mol. The maximum Gasteiger partial charge on any atom is 0.311 e. The molecule has 4 fully saturated rings. The summed E-state index contributed by atoms with van der Waals surface area (Å²) < 4.78 is 10.5. The van der Waals surface area contributed by atoms with Crippen LogP contribution in [0.4, 0.5) is 0 Å². The minimum atomic E-state index is -0.697. The van der Waals surface area contributed by atoms with Crippen LogP contribution in [0.25, 0.3) is 0 Å². The van der Waals surface area contributed by atoms with E-state index in [9.17, 15) is 19.5 Å². The van der Waals surface area contributed by atoms with Gasteiger partial charge in [-0.3, -0.25) is 14.4 Å². The number of aliphatic hydroxyl groups excluding tert-OH is 1. The van der Waals surface area contributed by atoms with E-state index >= 15 is 0 Å². The smallest absolute Gasteiger partial charge is 0.311 e. The molecule has 1 N–H and O–H groups in total. The first-order valence-corrected chi connectivity index (χ1v) is 10.9. The lowest BCUT2D eigenvalue weighted by atomic mass is 9.40. The maximum atomic E-state index is 13.1.